The highest BCUT2D eigenvalue weighted by Gasteiger charge is 2.26. The van der Waals surface area contributed by atoms with Gasteiger partial charge in [-0.3, -0.25) is 9.59 Å². The molecule has 0 bridgehead atoms. The van der Waals surface area contributed by atoms with Gasteiger partial charge in [-0.2, -0.15) is 0 Å². The molecule has 100 valence electrons. The van der Waals surface area contributed by atoms with Gasteiger partial charge in [-0.05, 0) is 24.6 Å². The first-order valence-corrected chi connectivity index (χ1v) is 7.04. The molecular weight excluding hydrogens is 306 g/mol. The van der Waals surface area contributed by atoms with E-state index in [1.54, 1.807) is 12.1 Å². The lowest BCUT2D eigenvalue weighted by atomic mass is 10.1. The minimum atomic E-state index is -1.08. The van der Waals surface area contributed by atoms with Crippen LogP contribution in [0, 0.1) is 6.92 Å². The van der Waals surface area contributed by atoms with Crippen LogP contribution in [-0.2, 0) is 9.59 Å². The molecule has 0 radical (unpaired) electrons. The summed E-state index contributed by atoms with van der Waals surface area (Å²) in [5.41, 5.74) is 1.61. The van der Waals surface area contributed by atoms with E-state index in [1.165, 1.54) is 11.3 Å². The molecule has 1 unspecified atom stereocenters. The standard InChI is InChI=1S/C12H10ClNO3S2/c1-5-2-6(13)3-8-10(5)14-11(19-8)7(12(16)17)4-9(15)18/h2-3,7H,4H2,1H3,(H,15,18)(H,16,17). The van der Waals surface area contributed by atoms with Crippen molar-refractivity contribution in [1.29, 1.82) is 0 Å². The predicted molar refractivity (Wildman–Crippen MR) is 78.4 cm³/mol. The zero-order valence-corrected chi connectivity index (χ0v) is 12.4. The Kier molecular flexibility index (Phi) is 4.13. The molecule has 1 aromatic heterocycles. The molecule has 0 amide bonds. The topological polar surface area (TPSA) is 67.3 Å². The zero-order chi connectivity index (χ0) is 14.2. The second-order valence-electron chi connectivity index (χ2n) is 4.11. The van der Waals surface area contributed by atoms with E-state index in [2.05, 4.69) is 17.6 Å². The third kappa shape index (κ3) is 3.08. The van der Waals surface area contributed by atoms with E-state index in [4.69, 9.17) is 11.6 Å². The van der Waals surface area contributed by atoms with Crippen LogP contribution in [0.25, 0.3) is 10.2 Å². The lowest BCUT2D eigenvalue weighted by Gasteiger charge is -2.05. The summed E-state index contributed by atoms with van der Waals surface area (Å²) in [6.07, 6.45) is -0.176. The minimum absolute atomic E-state index is 0.176. The largest absolute Gasteiger partial charge is 0.481 e. The van der Waals surface area contributed by atoms with Crippen LogP contribution in [0.15, 0.2) is 12.1 Å². The summed E-state index contributed by atoms with van der Waals surface area (Å²) in [6.45, 7) is 1.86. The van der Waals surface area contributed by atoms with Crippen molar-refractivity contribution in [3.8, 4) is 0 Å². The number of carbonyl (C=O) groups is 2. The highest BCUT2D eigenvalue weighted by atomic mass is 35.5. The number of thiol groups is 1. The number of hydrogen-bond donors (Lipinski definition) is 2. The van der Waals surface area contributed by atoms with Crippen LogP contribution in [-0.4, -0.2) is 21.2 Å². The van der Waals surface area contributed by atoms with Crippen molar-refractivity contribution in [2.75, 3.05) is 0 Å². The summed E-state index contributed by atoms with van der Waals surface area (Å²) in [6, 6.07) is 3.51. The van der Waals surface area contributed by atoms with Crippen LogP contribution in [0.3, 0.4) is 0 Å². The van der Waals surface area contributed by atoms with Gasteiger partial charge in [0.05, 0.1) is 10.2 Å². The Balaban J connectivity index is 2.52. The Hall–Kier alpha value is -1.11. The maximum absolute atomic E-state index is 11.2. The molecule has 0 saturated carbocycles. The maximum atomic E-state index is 11.2. The monoisotopic (exact) mass is 315 g/mol. The third-order valence-electron chi connectivity index (χ3n) is 2.64. The van der Waals surface area contributed by atoms with Crippen LogP contribution in [0.5, 0.6) is 0 Å². The van der Waals surface area contributed by atoms with Gasteiger partial charge in [-0.25, -0.2) is 4.98 Å². The van der Waals surface area contributed by atoms with Gasteiger partial charge in [-0.1, -0.05) is 11.6 Å². The molecule has 2 rings (SSSR count). The lowest BCUT2D eigenvalue weighted by Crippen LogP contribution is -2.13. The van der Waals surface area contributed by atoms with E-state index in [9.17, 15) is 14.7 Å². The van der Waals surface area contributed by atoms with Gasteiger partial charge in [0.2, 0.25) is 0 Å². The van der Waals surface area contributed by atoms with Crippen LogP contribution in [0.2, 0.25) is 5.02 Å². The third-order valence-corrected chi connectivity index (χ3v) is 4.16. The zero-order valence-electron chi connectivity index (χ0n) is 9.88. The highest BCUT2D eigenvalue weighted by molar-refractivity contribution is 7.96. The van der Waals surface area contributed by atoms with E-state index in [-0.39, 0.29) is 6.42 Å². The number of carbonyl (C=O) groups excluding carboxylic acids is 1. The number of fused-ring (bicyclic) bond motifs is 1. The first-order valence-electron chi connectivity index (χ1n) is 5.39. The number of thiazole rings is 1. The Bertz CT molecular complexity index is 668. The lowest BCUT2D eigenvalue weighted by molar-refractivity contribution is -0.139. The molecular formula is C12H10ClNO3S2. The number of aliphatic carboxylic acids is 1. The Labute approximate surface area is 123 Å². The summed E-state index contributed by atoms with van der Waals surface area (Å²) in [5.74, 6) is -2.04. The number of carboxylic acid groups (broad SMARTS) is 1. The van der Waals surface area contributed by atoms with Crippen molar-refractivity contribution in [3.63, 3.8) is 0 Å². The first kappa shape index (κ1) is 14.3. The van der Waals surface area contributed by atoms with Gasteiger partial charge in [0.15, 0.2) is 5.12 Å². The molecule has 0 aliphatic heterocycles. The summed E-state index contributed by atoms with van der Waals surface area (Å²) < 4.78 is 0.817. The molecule has 0 aliphatic rings. The summed E-state index contributed by atoms with van der Waals surface area (Å²) in [4.78, 5) is 26.6. The smallest absolute Gasteiger partial charge is 0.313 e. The molecule has 7 heteroatoms. The number of halogens is 1. The van der Waals surface area contributed by atoms with Gasteiger partial charge in [0.25, 0.3) is 0 Å². The van der Waals surface area contributed by atoms with Crippen LogP contribution < -0.4 is 0 Å². The van der Waals surface area contributed by atoms with E-state index >= 15 is 0 Å². The fourth-order valence-corrected chi connectivity index (χ4v) is 3.47. The number of nitrogens with zero attached hydrogens (tertiary/aromatic N) is 1. The second-order valence-corrected chi connectivity index (χ2v) is 6.11. The number of hydrogen-bond acceptors (Lipinski definition) is 4. The second kappa shape index (κ2) is 5.48. The van der Waals surface area contributed by atoms with Crippen molar-refractivity contribution >= 4 is 56.9 Å². The Morgan fingerprint density at radius 2 is 2.21 bits per heavy atom. The molecule has 0 saturated heterocycles. The van der Waals surface area contributed by atoms with Crippen molar-refractivity contribution in [2.45, 2.75) is 19.3 Å². The van der Waals surface area contributed by atoms with Crippen LogP contribution >= 0.6 is 35.6 Å². The molecule has 0 spiro atoms. The quantitative estimate of drug-likeness (QED) is 0.850. The molecule has 1 N–H and O–H groups in total. The first-order chi connectivity index (χ1) is 8.88. The van der Waals surface area contributed by atoms with E-state index in [0.717, 1.165) is 15.8 Å². The summed E-state index contributed by atoms with van der Waals surface area (Å²) >= 11 is 10.8. The molecule has 4 nitrogen and oxygen atoms in total. The molecule has 19 heavy (non-hydrogen) atoms. The highest BCUT2D eigenvalue weighted by Crippen LogP contribution is 2.33. The number of benzene rings is 1. The fourth-order valence-electron chi connectivity index (χ4n) is 1.78. The molecule has 1 heterocycles. The maximum Gasteiger partial charge on any atom is 0.313 e. The van der Waals surface area contributed by atoms with Gasteiger partial charge >= 0.3 is 5.97 Å². The van der Waals surface area contributed by atoms with Crippen LogP contribution in [0.4, 0.5) is 0 Å². The molecule has 1 aromatic carbocycles. The van der Waals surface area contributed by atoms with Crippen molar-refractivity contribution in [2.24, 2.45) is 0 Å². The van der Waals surface area contributed by atoms with E-state index in [0.29, 0.717) is 10.0 Å². The summed E-state index contributed by atoms with van der Waals surface area (Å²) in [5, 5.41) is 9.69. The number of carboxylic acids is 1. The van der Waals surface area contributed by atoms with E-state index in [1.807, 2.05) is 6.92 Å². The molecule has 1 atom stereocenters. The van der Waals surface area contributed by atoms with Gasteiger partial charge in [0, 0.05) is 11.4 Å². The fraction of sp³-hybridized carbons (Fsp3) is 0.250. The summed E-state index contributed by atoms with van der Waals surface area (Å²) in [7, 11) is 0. The van der Waals surface area contributed by atoms with Gasteiger partial charge < -0.3 is 5.11 Å². The number of rotatable bonds is 4. The number of aryl methyl sites for hydroxylation is 1. The van der Waals surface area contributed by atoms with Gasteiger partial charge in [0.1, 0.15) is 10.9 Å². The minimum Gasteiger partial charge on any atom is -0.481 e. The molecule has 0 fully saturated rings. The molecule has 2 aromatic rings. The number of aromatic nitrogens is 1. The average Bonchev–Trinajstić information content (AvgIpc) is 2.68. The van der Waals surface area contributed by atoms with Crippen molar-refractivity contribution in [1.82, 2.24) is 4.98 Å². The van der Waals surface area contributed by atoms with Crippen molar-refractivity contribution < 1.29 is 14.7 Å². The van der Waals surface area contributed by atoms with Crippen LogP contribution in [0.1, 0.15) is 22.9 Å². The van der Waals surface area contributed by atoms with Gasteiger partial charge in [-0.15, -0.1) is 24.0 Å². The average molecular weight is 316 g/mol. The Morgan fingerprint density at radius 3 is 2.79 bits per heavy atom. The predicted octanol–water partition coefficient (Wildman–Crippen LogP) is 3.27. The molecule has 0 aliphatic carbocycles. The SMILES string of the molecule is Cc1cc(Cl)cc2sc(C(CC(=O)S)C(=O)O)nc12. The van der Waals surface area contributed by atoms with E-state index < -0.39 is 17.0 Å². The van der Waals surface area contributed by atoms with Crippen molar-refractivity contribution in [3.05, 3.63) is 27.7 Å². The normalized spacial score (nSPS) is 12.6. The Morgan fingerprint density at radius 1 is 1.53 bits per heavy atom.